The summed E-state index contributed by atoms with van der Waals surface area (Å²) in [6.07, 6.45) is -31.9. The van der Waals surface area contributed by atoms with E-state index >= 15 is 26.3 Å². The van der Waals surface area contributed by atoms with Gasteiger partial charge in [0.15, 0.2) is 5.82 Å². The highest BCUT2D eigenvalue weighted by molar-refractivity contribution is 6.13. The van der Waals surface area contributed by atoms with E-state index in [1.165, 1.54) is 24.3 Å². The summed E-state index contributed by atoms with van der Waals surface area (Å²) >= 11 is 0. The summed E-state index contributed by atoms with van der Waals surface area (Å²) in [5.41, 5.74) is -14.2. The Bertz CT molecular complexity index is 4110. The van der Waals surface area contributed by atoms with Crippen molar-refractivity contribution in [1.29, 1.82) is 0 Å². The summed E-state index contributed by atoms with van der Waals surface area (Å²) in [4.78, 5) is 9.64. The van der Waals surface area contributed by atoms with Crippen LogP contribution in [-0.2, 0) is 37.1 Å². The Balaban J connectivity index is 1.32. The number of benzene rings is 9. The van der Waals surface area contributed by atoms with Crippen LogP contribution in [0.25, 0.3) is 106 Å². The molecule has 0 fully saturated rings. The number of rotatable bonds is 8. The van der Waals surface area contributed by atoms with Crippen LogP contribution in [0.3, 0.4) is 0 Å². The fraction of sp³-hybridized carbons (Fsp3) is 0.0938. The number of nitrogens with zero attached hydrogens (tertiary/aromatic N) is 3. The van der Waals surface area contributed by atoms with E-state index in [4.69, 9.17) is 9.97 Å². The van der Waals surface area contributed by atoms with Crippen LogP contribution in [0.2, 0.25) is 0 Å². The third kappa shape index (κ3) is 11.1. The summed E-state index contributed by atoms with van der Waals surface area (Å²) < 4.78 is 268. The van der Waals surface area contributed by atoms with Gasteiger partial charge in [0.25, 0.3) is 0 Å². The fourth-order valence-corrected chi connectivity index (χ4v) is 10.4. The van der Waals surface area contributed by atoms with Crippen LogP contribution in [0.5, 0.6) is 0 Å². The normalized spacial score (nSPS) is 12.8. The van der Waals surface area contributed by atoms with Crippen LogP contribution in [0.1, 0.15) is 33.4 Å². The van der Waals surface area contributed by atoms with Gasteiger partial charge in [0, 0.05) is 38.6 Å². The Morgan fingerprint density at radius 1 is 0.259 bits per heavy atom. The van der Waals surface area contributed by atoms with E-state index in [9.17, 15) is 52.7 Å². The molecule has 85 heavy (non-hydrogen) atoms. The average molecular weight is 1190 g/mol. The molecule has 9 aromatic carbocycles. The van der Waals surface area contributed by atoms with Gasteiger partial charge in [-0.15, -0.1) is 0 Å². The zero-order valence-corrected chi connectivity index (χ0v) is 42.7. The van der Waals surface area contributed by atoms with Crippen LogP contribution < -0.4 is 0 Å². The molecule has 0 aliphatic heterocycles. The first kappa shape index (κ1) is 57.4. The Labute approximate surface area is 468 Å². The summed E-state index contributed by atoms with van der Waals surface area (Å²) in [5, 5.41) is -0.577. The van der Waals surface area contributed by atoms with Crippen molar-refractivity contribution in [3.8, 4) is 84.1 Å². The monoisotopic (exact) mass is 1190 g/mol. The minimum atomic E-state index is -5.47. The lowest BCUT2D eigenvalue weighted by atomic mass is 9.88. The number of halogens is 18. The van der Waals surface area contributed by atoms with Crippen molar-refractivity contribution in [2.75, 3.05) is 0 Å². The fourth-order valence-electron chi connectivity index (χ4n) is 10.4. The third-order valence-electron chi connectivity index (χ3n) is 14.2. The Morgan fingerprint density at radius 2 is 0.624 bits per heavy atom. The van der Waals surface area contributed by atoms with E-state index in [1.54, 1.807) is 66.7 Å². The smallest absolute Gasteiger partial charge is 0.308 e. The van der Waals surface area contributed by atoms with Crippen molar-refractivity contribution in [1.82, 2.24) is 14.5 Å². The molecule has 0 aliphatic rings. The molecule has 0 bridgehead atoms. The van der Waals surface area contributed by atoms with Gasteiger partial charge in [-0.25, -0.2) is 9.97 Å². The number of hydrogen-bond donors (Lipinski definition) is 0. The second kappa shape index (κ2) is 20.7. The minimum absolute atomic E-state index is 0.150. The zero-order chi connectivity index (χ0) is 60.8. The molecular formula is C64H33F18N3. The third-order valence-corrected chi connectivity index (χ3v) is 14.2. The van der Waals surface area contributed by atoms with Gasteiger partial charge in [-0.1, -0.05) is 121 Å². The first-order valence-corrected chi connectivity index (χ1v) is 25.1. The van der Waals surface area contributed by atoms with Gasteiger partial charge in [0.05, 0.1) is 61.5 Å². The minimum Gasteiger partial charge on any atom is -0.308 e. The van der Waals surface area contributed by atoms with Crippen molar-refractivity contribution in [2.45, 2.75) is 37.1 Å². The van der Waals surface area contributed by atoms with Crippen molar-refractivity contribution in [3.63, 3.8) is 0 Å². The molecular weight excluding hydrogens is 1150 g/mol. The van der Waals surface area contributed by atoms with Gasteiger partial charge < -0.3 is 4.57 Å². The molecule has 0 saturated carbocycles. The summed E-state index contributed by atoms with van der Waals surface area (Å²) in [6.45, 7) is 0. The lowest BCUT2D eigenvalue weighted by Crippen LogP contribution is -2.12. The maximum Gasteiger partial charge on any atom is 0.417 e. The van der Waals surface area contributed by atoms with Crippen molar-refractivity contribution >= 4 is 21.8 Å². The van der Waals surface area contributed by atoms with E-state index in [0.29, 0.717) is 47.5 Å². The Kier molecular flexibility index (Phi) is 14.0. The van der Waals surface area contributed by atoms with Gasteiger partial charge in [-0.05, 0) is 112 Å². The zero-order valence-electron chi connectivity index (χ0n) is 42.7. The highest BCUT2D eigenvalue weighted by Crippen LogP contribution is 2.51. The second-order valence-electron chi connectivity index (χ2n) is 19.5. The maximum atomic E-state index is 15.6. The molecule has 0 spiro atoms. The Morgan fingerprint density at radius 3 is 0.988 bits per heavy atom. The van der Waals surface area contributed by atoms with Crippen molar-refractivity contribution in [2.24, 2.45) is 0 Å². The van der Waals surface area contributed by atoms with Crippen molar-refractivity contribution in [3.05, 3.63) is 234 Å². The summed E-state index contributed by atoms with van der Waals surface area (Å²) in [7, 11) is 0. The van der Waals surface area contributed by atoms with Crippen LogP contribution in [-0.4, -0.2) is 14.5 Å². The second-order valence-corrected chi connectivity index (χ2v) is 19.5. The molecule has 11 aromatic rings. The predicted octanol–water partition coefficient (Wildman–Crippen LogP) is 21.4. The SMILES string of the molecule is FC(F)(F)c1ccc(-c2ccc3c(c2)c2cc(-c4ccc(C(F)(F)F)cc4C(F)(F)F)ccc2n3-c2c(-c3ccccc3C(F)(F)F)cc(-c3nc(-c4ccccc4)cc(-c4ccccc4)n3)cc2-c2ccccc2C(F)(F)F)c(C(F)(F)F)c1. The van der Waals surface area contributed by atoms with Crippen LogP contribution in [0, 0.1) is 0 Å². The molecule has 0 saturated heterocycles. The molecule has 0 radical (unpaired) electrons. The molecule has 0 unspecified atom stereocenters. The standard InChI is InChI=1S/C64H33F18N3/c65-59(66,67)39-21-23-41(51(31-39)63(77,78)79)36-19-25-55-45(27-36)46-28-37(42-24-22-40(60(68,69)70)32-52(42)64(80,81)82)20-26-56(46)85(55)57-47(43-15-7-9-17-49(43)61(71,72)73)29-38(30-48(57)44-16-8-10-18-50(44)62(74,75)76)58-83-53(34-11-3-1-4-12-34)33-54(84-58)35-13-5-2-6-14-35/h1-33H. The van der Waals surface area contributed by atoms with Crippen LogP contribution >= 0.6 is 0 Å². The van der Waals surface area contributed by atoms with Gasteiger partial charge in [-0.2, -0.15) is 79.0 Å². The molecule has 2 heterocycles. The topological polar surface area (TPSA) is 30.7 Å². The summed E-state index contributed by atoms with van der Waals surface area (Å²) in [6, 6.07) is 36.5. The molecule has 0 amide bonds. The van der Waals surface area contributed by atoms with E-state index < -0.39 is 121 Å². The number of hydrogen-bond acceptors (Lipinski definition) is 2. The molecule has 21 heteroatoms. The quantitative estimate of drug-likeness (QED) is 0.142. The molecule has 0 atom stereocenters. The number of aromatic nitrogens is 3. The lowest BCUT2D eigenvalue weighted by molar-refractivity contribution is -0.144. The van der Waals surface area contributed by atoms with Crippen LogP contribution in [0.15, 0.2) is 200 Å². The highest BCUT2D eigenvalue weighted by atomic mass is 19.4. The molecule has 11 rings (SSSR count). The molecule has 430 valence electrons. The molecule has 0 aliphatic carbocycles. The lowest BCUT2D eigenvalue weighted by Gasteiger charge is -2.24. The van der Waals surface area contributed by atoms with Gasteiger partial charge in [-0.3, -0.25) is 0 Å². The van der Waals surface area contributed by atoms with Gasteiger partial charge in [0.2, 0.25) is 0 Å². The Hall–Kier alpha value is -9.40. The van der Waals surface area contributed by atoms with E-state index in [-0.39, 0.29) is 56.7 Å². The molecule has 2 aromatic heterocycles. The first-order chi connectivity index (χ1) is 39.9. The first-order valence-electron chi connectivity index (χ1n) is 25.1. The van der Waals surface area contributed by atoms with Crippen LogP contribution in [0.4, 0.5) is 79.0 Å². The highest BCUT2D eigenvalue weighted by Gasteiger charge is 2.42. The van der Waals surface area contributed by atoms with Crippen molar-refractivity contribution < 1.29 is 79.0 Å². The molecule has 0 N–H and O–H groups in total. The maximum absolute atomic E-state index is 15.6. The van der Waals surface area contributed by atoms with E-state index in [2.05, 4.69) is 0 Å². The number of alkyl halides is 18. The number of fused-ring (bicyclic) bond motifs is 3. The van der Waals surface area contributed by atoms with Gasteiger partial charge >= 0.3 is 37.1 Å². The molecule has 3 nitrogen and oxygen atoms in total. The largest absolute Gasteiger partial charge is 0.417 e. The predicted molar refractivity (Wildman–Crippen MR) is 284 cm³/mol. The van der Waals surface area contributed by atoms with E-state index in [1.807, 2.05) is 0 Å². The average Bonchev–Trinajstić information content (AvgIpc) is 1.70. The van der Waals surface area contributed by atoms with Gasteiger partial charge in [0.1, 0.15) is 0 Å². The summed E-state index contributed by atoms with van der Waals surface area (Å²) in [5.74, 6) is -0.214. The van der Waals surface area contributed by atoms with E-state index in [0.717, 1.165) is 65.2 Å².